The van der Waals surface area contributed by atoms with Crippen molar-refractivity contribution in [3.63, 3.8) is 0 Å². The fraction of sp³-hybridized carbons (Fsp3) is 0.312. The van der Waals surface area contributed by atoms with E-state index < -0.39 is 15.9 Å². The average Bonchev–Trinajstić information content (AvgIpc) is 2.81. The zero-order valence-corrected chi connectivity index (χ0v) is 15.8. The quantitative estimate of drug-likeness (QED) is 0.755. The second-order valence-electron chi connectivity index (χ2n) is 5.93. The molecule has 0 radical (unpaired) electrons. The van der Waals surface area contributed by atoms with Gasteiger partial charge in [-0.1, -0.05) is 0 Å². The van der Waals surface area contributed by atoms with Crippen LogP contribution in [0, 0.1) is 13.8 Å². The van der Waals surface area contributed by atoms with Crippen molar-refractivity contribution in [3.8, 4) is 0 Å². The Kier molecular flexibility index (Phi) is 5.47. The molecule has 2 rings (SSSR count). The van der Waals surface area contributed by atoms with Gasteiger partial charge in [0, 0.05) is 25.3 Å². The molecule has 0 aliphatic heterocycles. The minimum atomic E-state index is -3.65. The van der Waals surface area contributed by atoms with Crippen LogP contribution in [-0.4, -0.2) is 48.4 Å². The molecule has 26 heavy (non-hydrogen) atoms. The fourth-order valence-corrected chi connectivity index (χ4v) is 3.70. The topological polar surface area (TPSA) is 127 Å². The summed E-state index contributed by atoms with van der Waals surface area (Å²) in [7, 11) is -0.773. The highest BCUT2D eigenvalue weighted by atomic mass is 32.2. The third-order valence-electron chi connectivity index (χ3n) is 3.80. The van der Waals surface area contributed by atoms with E-state index in [0.717, 1.165) is 4.31 Å². The van der Waals surface area contributed by atoms with Crippen LogP contribution >= 0.6 is 0 Å². The summed E-state index contributed by atoms with van der Waals surface area (Å²) in [6, 6.07) is 6.12. The van der Waals surface area contributed by atoms with Crippen molar-refractivity contribution in [2.24, 2.45) is 5.73 Å². The molecule has 0 aliphatic carbocycles. The lowest BCUT2D eigenvalue weighted by molar-refractivity contribution is -0.116. The summed E-state index contributed by atoms with van der Waals surface area (Å²) in [5.74, 6) is -0.934. The van der Waals surface area contributed by atoms with Crippen molar-refractivity contribution >= 4 is 27.5 Å². The summed E-state index contributed by atoms with van der Waals surface area (Å²) in [4.78, 5) is 23.4. The van der Waals surface area contributed by atoms with E-state index in [1.54, 1.807) is 26.0 Å². The number of rotatable bonds is 6. The molecular formula is C16H21N5O4S. The van der Waals surface area contributed by atoms with Crippen LogP contribution in [0.1, 0.15) is 21.7 Å². The Balaban J connectivity index is 2.19. The summed E-state index contributed by atoms with van der Waals surface area (Å²) in [6.45, 7) is 3.04. The number of nitrogens with two attached hydrogens (primary N) is 1. The summed E-state index contributed by atoms with van der Waals surface area (Å²) in [6.07, 6.45) is 0. The van der Waals surface area contributed by atoms with Gasteiger partial charge in [0.25, 0.3) is 0 Å². The molecule has 2 aromatic rings. The third kappa shape index (κ3) is 3.92. The van der Waals surface area contributed by atoms with Gasteiger partial charge in [-0.2, -0.15) is 5.10 Å². The number of carbonyl (C=O) groups is 2. The molecule has 1 aromatic carbocycles. The second kappa shape index (κ2) is 7.26. The summed E-state index contributed by atoms with van der Waals surface area (Å²) in [5.41, 5.74) is 6.70. The number of primary amides is 1. The second-order valence-corrected chi connectivity index (χ2v) is 8.02. The number of nitrogens with zero attached hydrogens (tertiary/aromatic N) is 3. The van der Waals surface area contributed by atoms with Gasteiger partial charge < -0.3 is 11.1 Å². The maximum absolute atomic E-state index is 12.4. The molecule has 1 aromatic heterocycles. The number of carbonyl (C=O) groups excluding carboxylic acids is 2. The summed E-state index contributed by atoms with van der Waals surface area (Å²) >= 11 is 0. The SMILES string of the molecule is Cc1nn(CC(=O)Nc2ccc(C(N)=O)cc2)c(C)c1S(=O)(=O)N(C)C. The molecule has 3 N–H and O–H groups in total. The molecule has 9 nitrogen and oxygen atoms in total. The van der Waals surface area contributed by atoms with Gasteiger partial charge in [-0.05, 0) is 38.1 Å². The van der Waals surface area contributed by atoms with Gasteiger partial charge in [-0.3, -0.25) is 14.3 Å². The largest absolute Gasteiger partial charge is 0.366 e. The lowest BCUT2D eigenvalue weighted by atomic mass is 10.2. The zero-order chi connectivity index (χ0) is 19.6. The Morgan fingerprint density at radius 3 is 2.27 bits per heavy atom. The van der Waals surface area contributed by atoms with Crippen LogP contribution in [0.25, 0.3) is 0 Å². The van der Waals surface area contributed by atoms with Crippen molar-refractivity contribution in [2.45, 2.75) is 25.3 Å². The Hall–Kier alpha value is -2.72. The highest BCUT2D eigenvalue weighted by Crippen LogP contribution is 2.22. The predicted octanol–water partition coefficient (Wildman–Crippen LogP) is 0.488. The Morgan fingerprint density at radius 2 is 1.77 bits per heavy atom. The molecule has 0 bridgehead atoms. The maximum atomic E-state index is 12.4. The Morgan fingerprint density at radius 1 is 1.19 bits per heavy atom. The summed E-state index contributed by atoms with van der Waals surface area (Å²) < 4.78 is 27.2. The van der Waals surface area contributed by atoms with E-state index in [-0.39, 0.29) is 17.3 Å². The maximum Gasteiger partial charge on any atom is 0.248 e. The average molecular weight is 379 g/mol. The highest BCUT2D eigenvalue weighted by Gasteiger charge is 2.27. The van der Waals surface area contributed by atoms with Gasteiger partial charge in [0.15, 0.2) is 0 Å². The number of aryl methyl sites for hydroxylation is 1. The van der Waals surface area contributed by atoms with E-state index in [1.807, 2.05) is 0 Å². The minimum Gasteiger partial charge on any atom is -0.366 e. The van der Waals surface area contributed by atoms with Crippen molar-refractivity contribution < 1.29 is 18.0 Å². The first-order chi connectivity index (χ1) is 12.0. The van der Waals surface area contributed by atoms with Crippen molar-refractivity contribution in [3.05, 3.63) is 41.2 Å². The number of amides is 2. The molecule has 0 saturated carbocycles. The molecule has 1 heterocycles. The lowest BCUT2D eigenvalue weighted by Crippen LogP contribution is -2.24. The smallest absolute Gasteiger partial charge is 0.248 e. The van der Waals surface area contributed by atoms with Gasteiger partial charge in [-0.15, -0.1) is 0 Å². The van der Waals surface area contributed by atoms with Gasteiger partial charge in [-0.25, -0.2) is 12.7 Å². The molecule has 0 spiro atoms. The predicted molar refractivity (Wildman–Crippen MR) is 96.2 cm³/mol. The molecule has 0 fully saturated rings. The van der Waals surface area contributed by atoms with E-state index in [9.17, 15) is 18.0 Å². The highest BCUT2D eigenvalue weighted by molar-refractivity contribution is 7.89. The molecule has 10 heteroatoms. The molecule has 2 amide bonds. The number of anilines is 1. The van der Waals surface area contributed by atoms with E-state index in [2.05, 4.69) is 10.4 Å². The van der Waals surface area contributed by atoms with Gasteiger partial charge in [0.1, 0.15) is 11.4 Å². The van der Waals surface area contributed by atoms with Crippen molar-refractivity contribution in [2.75, 3.05) is 19.4 Å². The summed E-state index contributed by atoms with van der Waals surface area (Å²) in [5, 5.41) is 6.83. The minimum absolute atomic E-state index is 0.0983. The van der Waals surface area contributed by atoms with Crippen molar-refractivity contribution in [1.82, 2.24) is 14.1 Å². The number of benzene rings is 1. The first kappa shape index (κ1) is 19.6. The Bertz CT molecular complexity index is 946. The number of hydrogen-bond donors (Lipinski definition) is 2. The van der Waals surface area contributed by atoms with Crippen LogP contribution in [0.4, 0.5) is 5.69 Å². The molecule has 0 unspecified atom stereocenters. The number of sulfonamides is 1. The van der Waals surface area contributed by atoms with Crippen LogP contribution in [0.15, 0.2) is 29.2 Å². The van der Waals surface area contributed by atoms with Gasteiger partial charge in [0.2, 0.25) is 21.8 Å². The first-order valence-corrected chi connectivity index (χ1v) is 9.14. The van der Waals surface area contributed by atoms with E-state index >= 15 is 0 Å². The monoisotopic (exact) mass is 379 g/mol. The van der Waals surface area contributed by atoms with Crippen LogP contribution in [0.5, 0.6) is 0 Å². The normalized spacial score (nSPS) is 11.6. The zero-order valence-electron chi connectivity index (χ0n) is 15.0. The van der Waals surface area contributed by atoms with Gasteiger partial charge >= 0.3 is 0 Å². The van der Waals surface area contributed by atoms with E-state index in [0.29, 0.717) is 22.6 Å². The first-order valence-electron chi connectivity index (χ1n) is 7.70. The third-order valence-corrected chi connectivity index (χ3v) is 5.87. The number of nitrogens with one attached hydrogen (secondary N) is 1. The van der Waals surface area contributed by atoms with E-state index in [4.69, 9.17) is 5.73 Å². The van der Waals surface area contributed by atoms with Crippen LogP contribution in [-0.2, 0) is 21.4 Å². The van der Waals surface area contributed by atoms with Crippen LogP contribution in [0.3, 0.4) is 0 Å². The molecule has 140 valence electrons. The Labute approximate surface area is 151 Å². The van der Waals surface area contributed by atoms with E-state index in [1.165, 1.54) is 30.9 Å². The molecule has 0 atom stereocenters. The molecule has 0 saturated heterocycles. The van der Waals surface area contributed by atoms with Crippen molar-refractivity contribution in [1.29, 1.82) is 0 Å². The number of hydrogen-bond acceptors (Lipinski definition) is 5. The molecule has 0 aliphatic rings. The standard InChI is InChI=1S/C16H21N5O4S/c1-10-15(26(24,25)20(3)4)11(2)21(19-10)9-14(22)18-13-7-5-12(6-8-13)16(17)23/h5-8H,9H2,1-4H3,(H2,17,23)(H,18,22). The lowest BCUT2D eigenvalue weighted by Gasteiger charge is -2.12. The van der Waals surface area contributed by atoms with Crippen LogP contribution in [0.2, 0.25) is 0 Å². The van der Waals surface area contributed by atoms with Gasteiger partial charge in [0.05, 0.1) is 11.4 Å². The molecular weight excluding hydrogens is 358 g/mol. The number of aromatic nitrogens is 2. The fourth-order valence-electron chi connectivity index (χ4n) is 2.44. The van der Waals surface area contributed by atoms with Crippen LogP contribution < -0.4 is 11.1 Å².